The molecule has 0 unspecified atom stereocenters. The first kappa shape index (κ1) is 7.74. The van der Waals surface area contributed by atoms with Crippen LogP contribution in [0.4, 0.5) is 5.13 Å². The summed E-state index contributed by atoms with van der Waals surface area (Å²) in [5, 5.41) is 10.5. The monoisotopic (exact) mass is 195 g/mol. The Kier molecular flexibility index (Phi) is 1.59. The van der Waals surface area contributed by atoms with E-state index in [-0.39, 0.29) is 0 Å². The molecule has 1 aromatic rings. The van der Waals surface area contributed by atoms with E-state index in [1.807, 2.05) is 6.92 Å². The standard InChI is InChI=1S/C9H13N3S/c1-6-10-11-9(13-6)12-4-2-3-7-5-8(7)12/h7-8H,2-5H2,1H3/t7-,8+/m1/s1. The second-order valence-corrected chi connectivity index (χ2v) is 5.16. The molecule has 1 aliphatic heterocycles. The van der Waals surface area contributed by atoms with Crippen LogP contribution in [-0.2, 0) is 0 Å². The van der Waals surface area contributed by atoms with Crippen LogP contribution in [0.25, 0.3) is 0 Å². The SMILES string of the molecule is Cc1nnc(N2CCC[C@@H]3C[C@@H]32)s1. The topological polar surface area (TPSA) is 29.0 Å². The van der Waals surface area contributed by atoms with Crippen molar-refractivity contribution < 1.29 is 0 Å². The lowest BCUT2D eigenvalue weighted by Gasteiger charge is -2.25. The molecule has 0 radical (unpaired) electrons. The predicted molar refractivity (Wildman–Crippen MR) is 53.1 cm³/mol. The zero-order valence-corrected chi connectivity index (χ0v) is 8.55. The van der Waals surface area contributed by atoms with Crippen molar-refractivity contribution >= 4 is 16.5 Å². The van der Waals surface area contributed by atoms with Crippen LogP contribution in [0.3, 0.4) is 0 Å². The van der Waals surface area contributed by atoms with E-state index in [9.17, 15) is 0 Å². The Morgan fingerprint density at radius 1 is 1.46 bits per heavy atom. The van der Waals surface area contributed by atoms with E-state index in [1.165, 1.54) is 25.8 Å². The van der Waals surface area contributed by atoms with Gasteiger partial charge in [0.05, 0.1) is 0 Å². The summed E-state index contributed by atoms with van der Waals surface area (Å²) in [7, 11) is 0. The molecule has 0 aromatic carbocycles. The van der Waals surface area contributed by atoms with Gasteiger partial charge in [-0.25, -0.2) is 0 Å². The van der Waals surface area contributed by atoms with Gasteiger partial charge in [-0.3, -0.25) is 0 Å². The molecule has 1 aliphatic carbocycles. The largest absolute Gasteiger partial charge is 0.343 e. The number of fused-ring (bicyclic) bond motifs is 1. The molecule has 1 aromatic heterocycles. The fourth-order valence-corrected chi connectivity index (χ4v) is 3.02. The zero-order valence-electron chi connectivity index (χ0n) is 7.73. The van der Waals surface area contributed by atoms with Crippen molar-refractivity contribution in [2.75, 3.05) is 11.4 Å². The first-order valence-corrected chi connectivity index (χ1v) is 5.73. The quantitative estimate of drug-likeness (QED) is 0.684. The van der Waals surface area contributed by atoms with Crippen molar-refractivity contribution in [3.05, 3.63) is 5.01 Å². The van der Waals surface area contributed by atoms with Gasteiger partial charge in [0.2, 0.25) is 5.13 Å². The molecular weight excluding hydrogens is 182 g/mol. The first-order valence-electron chi connectivity index (χ1n) is 4.91. The second-order valence-electron chi connectivity index (χ2n) is 4.00. The number of rotatable bonds is 1. The molecule has 70 valence electrons. The average Bonchev–Trinajstić information content (AvgIpc) is 2.81. The van der Waals surface area contributed by atoms with Crippen LogP contribution < -0.4 is 4.90 Å². The Bertz CT molecular complexity index is 322. The van der Waals surface area contributed by atoms with Gasteiger partial charge in [-0.05, 0) is 32.1 Å². The molecule has 0 amide bonds. The molecule has 1 saturated carbocycles. The van der Waals surface area contributed by atoms with E-state index >= 15 is 0 Å². The lowest BCUT2D eigenvalue weighted by atomic mass is 10.1. The molecule has 0 N–H and O–H groups in total. The van der Waals surface area contributed by atoms with Crippen molar-refractivity contribution in [2.24, 2.45) is 5.92 Å². The minimum absolute atomic E-state index is 0.807. The lowest BCUT2D eigenvalue weighted by molar-refractivity contribution is 0.557. The van der Waals surface area contributed by atoms with E-state index in [1.54, 1.807) is 11.3 Å². The maximum Gasteiger partial charge on any atom is 0.208 e. The summed E-state index contributed by atoms with van der Waals surface area (Å²) in [5.41, 5.74) is 0. The Morgan fingerprint density at radius 2 is 2.38 bits per heavy atom. The molecule has 1 saturated heterocycles. The molecule has 2 heterocycles. The van der Waals surface area contributed by atoms with Crippen LogP contribution in [0.2, 0.25) is 0 Å². The van der Waals surface area contributed by atoms with E-state index in [4.69, 9.17) is 0 Å². The van der Waals surface area contributed by atoms with Gasteiger partial charge < -0.3 is 4.90 Å². The van der Waals surface area contributed by atoms with Gasteiger partial charge in [0.15, 0.2) is 0 Å². The second kappa shape index (κ2) is 2.67. The van der Waals surface area contributed by atoms with Crippen LogP contribution in [0, 0.1) is 12.8 Å². The van der Waals surface area contributed by atoms with Crippen molar-refractivity contribution in [1.82, 2.24) is 10.2 Å². The number of anilines is 1. The maximum absolute atomic E-state index is 4.21. The number of hydrogen-bond acceptors (Lipinski definition) is 4. The summed E-state index contributed by atoms with van der Waals surface area (Å²) in [4.78, 5) is 2.46. The summed E-state index contributed by atoms with van der Waals surface area (Å²) in [6, 6.07) is 0.807. The molecule has 0 bridgehead atoms. The Hall–Kier alpha value is -0.640. The fourth-order valence-electron chi connectivity index (χ4n) is 2.25. The smallest absolute Gasteiger partial charge is 0.208 e. The van der Waals surface area contributed by atoms with Gasteiger partial charge in [-0.2, -0.15) is 0 Å². The molecule has 4 heteroatoms. The first-order chi connectivity index (χ1) is 6.34. The molecule has 13 heavy (non-hydrogen) atoms. The van der Waals surface area contributed by atoms with E-state index in [2.05, 4.69) is 15.1 Å². The Balaban J connectivity index is 1.84. The van der Waals surface area contributed by atoms with Gasteiger partial charge in [0, 0.05) is 12.6 Å². The summed E-state index contributed by atoms with van der Waals surface area (Å²) >= 11 is 1.73. The third-order valence-electron chi connectivity index (χ3n) is 3.02. The maximum atomic E-state index is 4.21. The number of nitrogens with zero attached hydrogens (tertiary/aromatic N) is 3. The van der Waals surface area contributed by atoms with Crippen molar-refractivity contribution in [3.63, 3.8) is 0 Å². The summed E-state index contributed by atoms with van der Waals surface area (Å²) in [6.07, 6.45) is 4.15. The van der Waals surface area contributed by atoms with Crippen molar-refractivity contribution in [3.8, 4) is 0 Å². The van der Waals surface area contributed by atoms with Crippen LogP contribution in [0.15, 0.2) is 0 Å². The van der Waals surface area contributed by atoms with Crippen LogP contribution in [-0.4, -0.2) is 22.8 Å². The lowest BCUT2D eigenvalue weighted by Crippen LogP contribution is -2.31. The number of hydrogen-bond donors (Lipinski definition) is 0. The Labute approximate surface area is 81.8 Å². The van der Waals surface area contributed by atoms with Crippen LogP contribution in [0.1, 0.15) is 24.3 Å². The molecule has 2 aliphatic rings. The van der Waals surface area contributed by atoms with Crippen molar-refractivity contribution in [2.45, 2.75) is 32.2 Å². The van der Waals surface area contributed by atoms with Crippen LogP contribution in [0.5, 0.6) is 0 Å². The highest BCUT2D eigenvalue weighted by atomic mass is 32.1. The highest BCUT2D eigenvalue weighted by Gasteiger charge is 2.45. The third kappa shape index (κ3) is 1.24. The van der Waals surface area contributed by atoms with Crippen molar-refractivity contribution in [1.29, 1.82) is 0 Å². The summed E-state index contributed by atoms with van der Waals surface area (Å²) in [6.45, 7) is 3.21. The third-order valence-corrected chi connectivity index (χ3v) is 3.90. The van der Waals surface area contributed by atoms with Gasteiger partial charge in [-0.15, -0.1) is 10.2 Å². The number of aromatic nitrogens is 2. The Morgan fingerprint density at radius 3 is 3.15 bits per heavy atom. The molecule has 0 spiro atoms. The minimum Gasteiger partial charge on any atom is -0.343 e. The normalized spacial score (nSPS) is 31.6. The zero-order chi connectivity index (χ0) is 8.84. The van der Waals surface area contributed by atoms with Gasteiger partial charge in [0.1, 0.15) is 5.01 Å². The fraction of sp³-hybridized carbons (Fsp3) is 0.778. The molecule has 3 nitrogen and oxygen atoms in total. The molecule has 3 rings (SSSR count). The van der Waals surface area contributed by atoms with E-state index in [0.29, 0.717) is 0 Å². The molecular formula is C9H13N3S. The highest BCUT2D eigenvalue weighted by molar-refractivity contribution is 7.15. The average molecular weight is 195 g/mol. The molecule has 2 atom stereocenters. The number of piperidine rings is 1. The number of aryl methyl sites for hydroxylation is 1. The van der Waals surface area contributed by atoms with E-state index < -0.39 is 0 Å². The van der Waals surface area contributed by atoms with E-state index in [0.717, 1.165) is 22.1 Å². The van der Waals surface area contributed by atoms with Crippen LogP contribution >= 0.6 is 11.3 Å². The summed E-state index contributed by atoms with van der Waals surface area (Å²) < 4.78 is 0. The highest BCUT2D eigenvalue weighted by Crippen LogP contribution is 2.45. The summed E-state index contributed by atoms with van der Waals surface area (Å²) in [5.74, 6) is 0.970. The van der Waals surface area contributed by atoms with Gasteiger partial charge >= 0.3 is 0 Å². The van der Waals surface area contributed by atoms with Gasteiger partial charge in [0.25, 0.3) is 0 Å². The van der Waals surface area contributed by atoms with Gasteiger partial charge in [-0.1, -0.05) is 11.3 Å². The predicted octanol–water partition coefficient (Wildman–Crippen LogP) is 1.84. The minimum atomic E-state index is 0.807. The molecule has 2 fully saturated rings.